The summed E-state index contributed by atoms with van der Waals surface area (Å²) >= 11 is 0. The van der Waals surface area contributed by atoms with Crippen molar-refractivity contribution < 1.29 is 30.7 Å². The van der Waals surface area contributed by atoms with Gasteiger partial charge in [0.05, 0.1) is 16.7 Å². The van der Waals surface area contributed by atoms with Crippen molar-refractivity contribution in [1.82, 2.24) is 0 Å². The number of allylic oxidation sites excluding steroid dienone is 3. The van der Waals surface area contributed by atoms with Crippen molar-refractivity contribution in [3.63, 3.8) is 0 Å². The second-order valence-electron chi connectivity index (χ2n) is 10.3. The average Bonchev–Trinajstić information content (AvgIpc) is 3.58. The zero-order valence-corrected chi connectivity index (χ0v) is 23.6. The minimum Gasteiger partial charge on any atom is -0.207 e. The molecule has 0 spiro atoms. The molecule has 0 amide bonds. The van der Waals surface area contributed by atoms with Gasteiger partial charge in [-0.2, -0.15) is 43.9 Å². The molecule has 2 aliphatic carbocycles. The van der Waals surface area contributed by atoms with Gasteiger partial charge in [0.2, 0.25) is 0 Å². The first-order valence-corrected chi connectivity index (χ1v) is 13.1. The van der Waals surface area contributed by atoms with Gasteiger partial charge in [-0.3, -0.25) is 0 Å². The number of halogens is 7. The molecule has 6 nitrogen and oxygen atoms in total. The number of fused-ring (bicyclic) bond motifs is 2. The number of rotatable bonds is 2. The molecule has 0 aromatic heterocycles. The summed E-state index contributed by atoms with van der Waals surface area (Å²) in [6, 6.07) is 9.60. The molecule has 0 saturated heterocycles. The molecule has 0 bridgehead atoms. The van der Waals surface area contributed by atoms with Crippen molar-refractivity contribution >= 4 is 11.1 Å². The minimum atomic E-state index is -5.42. The van der Waals surface area contributed by atoms with E-state index >= 15 is 0 Å². The van der Waals surface area contributed by atoms with Crippen LogP contribution in [0.3, 0.4) is 0 Å². The predicted molar refractivity (Wildman–Crippen MR) is 148 cm³/mol. The molecule has 13 heteroatoms. The zero-order valence-electron chi connectivity index (χ0n) is 23.6. The maximum atomic E-state index is 14.9. The van der Waals surface area contributed by atoms with E-state index in [2.05, 4.69) is 9.69 Å². The molecular weight excluding hydrogens is 625 g/mol. The van der Waals surface area contributed by atoms with Crippen LogP contribution in [-0.4, -0.2) is 0 Å². The minimum absolute atomic E-state index is 0.0268. The van der Waals surface area contributed by atoms with Gasteiger partial charge >= 0.3 is 12.0 Å². The third-order valence-electron chi connectivity index (χ3n) is 7.93. The first kappa shape index (κ1) is 31.7. The van der Waals surface area contributed by atoms with Gasteiger partial charge in [0.1, 0.15) is 71.8 Å². The van der Waals surface area contributed by atoms with Crippen LogP contribution in [0.25, 0.3) is 20.8 Å². The molecule has 0 fully saturated rings. The third-order valence-corrected chi connectivity index (χ3v) is 7.93. The Hall–Kier alpha value is -6.67. The molecule has 0 heterocycles. The number of hydrogen-bond acceptors (Lipinski definition) is 4. The first-order valence-electron chi connectivity index (χ1n) is 13.1. The van der Waals surface area contributed by atoms with Crippen molar-refractivity contribution in [2.24, 2.45) is 0 Å². The molecule has 0 N–H and O–H groups in total. The van der Waals surface area contributed by atoms with Gasteiger partial charge in [-0.25, -0.2) is 17.6 Å². The lowest BCUT2D eigenvalue weighted by Gasteiger charge is -2.13. The molecule has 0 atom stereocenters. The Morgan fingerprint density at radius 2 is 1.11 bits per heavy atom. The van der Waals surface area contributed by atoms with Crippen LogP contribution < -0.4 is 10.4 Å². The largest absolute Gasteiger partial charge is 0.523 e. The molecule has 2 aliphatic rings. The summed E-state index contributed by atoms with van der Waals surface area (Å²) in [6.45, 7) is 16.2. The fourth-order valence-corrected chi connectivity index (χ4v) is 5.98. The summed E-state index contributed by atoms with van der Waals surface area (Å²) in [4.78, 5) is 6.42. The van der Waals surface area contributed by atoms with Crippen molar-refractivity contribution in [2.75, 3.05) is 0 Å². The summed E-state index contributed by atoms with van der Waals surface area (Å²) in [7, 11) is 0. The number of nitriles is 4. The van der Waals surface area contributed by atoms with E-state index < -0.39 is 64.8 Å². The molecule has 0 aliphatic heterocycles. The van der Waals surface area contributed by atoms with E-state index in [1.54, 1.807) is 12.1 Å². The van der Waals surface area contributed by atoms with Crippen LogP contribution in [-0.2, 0) is 19.0 Å². The van der Waals surface area contributed by atoms with Crippen molar-refractivity contribution in [2.45, 2.75) is 25.9 Å². The summed E-state index contributed by atoms with van der Waals surface area (Å²) < 4.78 is 99.5. The Balaban J connectivity index is 2.10. The van der Waals surface area contributed by atoms with Crippen molar-refractivity contribution in [3.05, 3.63) is 148 Å². The van der Waals surface area contributed by atoms with E-state index in [9.17, 15) is 51.8 Å². The van der Waals surface area contributed by atoms with E-state index in [4.69, 9.17) is 13.1 Å². The highest BCUT2D eigenvalue weighted by Crippen LogP contribution is 2.40. The van der Waals surface area contributed by atoms with Crippen LogP contribution in [0.15, 0.2) is 46.8 Å². The Kier molecular flexibility index (Phi) is 7.67. The fourth-order valence-electron chi connectivity index (χ4n) is 5.98. The van der Waals surface area contributed by atoms with Gasteiger partial charge < -0.3 is 0 Å². The molecule has 226 valence electrons. The number of alkyl halides is 3. The highest BCUT2D eigenvalue weighted by molar-refractivity contribution is 5.91. The molecule has 3 aromatic carbocycles. The lowest BCUT2D eigenvalue weighted by atomic mass is 9.92. The highest BCUT2D eigenvalue weighted by Gasteiger charge is 2.40. The Morgan fingerprint density at radius 3 is 1.49 bits per heavy atom. The Morgan fingerprint density at radius 1 is 0.702 bits per heavy atom. The molecule has 0 radical (unpaired) electrons. The summed E-state index contributed by atoms with van der Waals surface area (Å²) in [6.07, 6.45) is -6.32. The van der Waals surface area contributed by atoms with Crippen LogP contribution >= 0.6 is 0 Å². The quantitative estimate of drug-likeness (QED) is 0.189. The molecular formula is C34H11F7N6. The lowest BCUT2D eigenvalue weighted by molar-refractivity contribution is -0.142. The zero-order chi connectivity index (χ0) is 34.5. The van der Waals surface area contributed by atoms with E-state index in [0.29, 0.717) is 12.1 Å². The van der Waals surface area contributed by atoms with Gasteiger partial charge in [-0.1, -0.05) is 0 Å². The summed E-state index contributed by atoms with van der Waals surface area (Å²) in [5, 5.41) is 40.1. The second-order valence-corrected chi connectivity index (χ2v) is 10.3. The van der Waals surface area contributed by atoms with Gasteiger partial charge in [0.15, 0.2) is 0 Å². The Labute approximate surface area is 261 Å². The topological polar surface area (TPSA) is 104 Å². The SMILES string of the molecule is [C-]#[N+]C([N+]#[C-])=C1Cc2c(C#N)c3c(c(C#N)c2=C1c1cc(F)c(C)c(F)c1)CC(=C(C#N)C#N)C=3c1cc(F)c(C(F)(F)F)c(F)c1. The van der Waals surface area contributed by atoms with Crippen LogP contribution in [0.1, 0.15) is 44.5 Å². The molecule has 47 heavy (non-hydrogen) atoms. The smallest absolute Gasteiger partial charge is 0.207 e. The molecule has 5 rings (SSSR count). The first-order chi connectivity index (χ1) is 22.3. The van der Waals surface area contributed by atoms with E-state index in [1.165, 1.54) is 6.92 Å². The van der Waals surface area contributed by atoms with Crippen molar-refractivity contribution in [1.29, 1.82) is 21.0 Å². The molecule has 0 unspecified atom stereocenters. The van der Waals surface area contributed by atoms with Gasteiger partial charge in [-0.05, 0) is 76.6 Å². The Bertz CT molecular complexity index is 2380. The van der Waals surface area contributed by atoms with Crippen LogP contribution in [0.2, 0.25) is 0 Å². The van der Waals surface area contributed by atoms with E-state index in [0.717, 1.165) is 12.1 Å². The monoisotopic (exact) mass is 636 g/mol. The van der Waals surface area contributed by atoms with E-state index in [1.807, 2.05) is 12.1 Å². The van der Waals surface area contributed by atoms with E-state index in [-0.39, 0.29) is 66.1 Å². The molecule has 0 saturated carbocycles. The predicted octanol–water partition coefficient (Wildman–Crippen LogP) is 6.22. The average molecular weight is 636 g/mol. The van der Waals surface area contributed by atoms with Gasteiger partial charge in [0, 0.05) is 22.4 Å². The standard InChI is InChI=1S/C34H11F7N6/c1-14-24(35)4-15(5-25(14)36)29-21(33(46-2)47-3)9-20-23(13-45)30-19(22(12-44)31(20)29)8-18(17(10-42)11-43)28(30)16-6-26(37)32(27(38)7-16)34(39,40)41/h4-7H,8-9H2,1H3. The van der Waals surface area contributed by atoms with Crippen LogP contribution in [0.4, 0.5) is 30.7 Å². The lowest BCUT2D eigenvalue weighted by Crippen LogP contribution is -2.26. The van der Waals surface area contributed by atoms with Crippen LogP contribution in [0, 0.1) is 88.7 Å². The summed E-state index contributed by atoms with van der Waals surface area (Å²) in [5.41, 5.74) is -5.40. The van der Waals surface area contributed by atoms with Crippen molar-refractivity contribution in [3.8, 4) is 24.3 Å². The normalized spacial score (nSPS) is 13.1. The number of nitrogens with zero attached hydrogens (tertiary/aromatic N) is 6. The highest BCUT2D eigenvalue weighted by atomic mass is 19.4. The third kappa shape index (κ3) is 4.76. The number of hydrogen-bond donors (Lipinski definition) is 0. The maximum Gasteiger partial charge on any atom is 0.523 e. The second kappa shape index (κ2) is 11.4. The summed E-state index contributed by atoms with van der Waals surface area (Å²) in [5.74, 6) is -6.57. The van der Waals surface area contributed by atoms with Gasteiger partial charge in [-0.15, -0.1) is 0 Å². The van der Waals surface area contributed by atoms with Gasteiger partial charge in [0.25, 0.3) is 0 Å². The molecule has 3 aromatic rings. The van der Waals surface area contributed by atoms with Crippen LogP contribution in [0.5, 0.6) is 0 Å². The fraction of sp³-hybridized carbons (Fsp3) is 0.118. The maximum absolute atomic E-state index is 14.9. The number of benzene rings is 3.